The second kappa shape index (κ2) is 4.80. The molecule has 0 atom stereocenters. The Hall–Kier alpha value is -0.820. The highest BCUT2D eigenvalue weighted by molar-refractivity contribution is 6.31. The summed E-state index contributed by atoms with van der Waals surface area (Å²) in [5, 5.41) is 8.46. The summed E-state index contributed by atoms with van der Waals surface area (Å²) < 4.78 is 0. The molecule has 0 aromatic carbocycles. The summed E-state index contributed by atoms with van der Waals surface area (Å²) in [6, 6.07) is 0. The van der Waals surface area contributed by atoms with E-state index < -0.39 is 0 Å². The Morgan fingerprint density at radius 1 is 1.47 bits per heavy atom. The highest BCUT2D eigenvalue weighted by atomic mass is 35.5. The van der Waals surface area contributed by atoms with Crippen LogP contribution in [0.4, 0.5) is 0 Å². The molecule has 15 heavy (non-hydrogen) atoms. The largest absolute Gasteiger partial charge is 0.309 e. The molecule has 0 amide bonds. The van der Waals surface area contributed by atoms with Crippen molar-refractivity contribution in [3.8, 4) is 0 Å². The Kier molecular flexibility index (Phi) is 3.92. The van der Waals surface area contributed by atoms with Crippen LogP contribution in [0.5, 0.6) is 0 Å². The molecule has 1 aliphatic rings. The predicted octanol–water partition coefficient (Wildman–Crippen LogP) is 4.45. The van der Waals surface area contributed by atoms with E-state index in [9.17, 15) is 0 Å². The summed E-state index contributed by atoms with van der Waals surface area (Å²) in [4.78, 5) is 0. The topological polar surface area (TPSA) is 23.9 Å². The van der Waals surface area contributed by atoms with Crippen molar-refractivity contribution >= 4 is 17.3 Å². The van der Waals surface area contributed by atoms with E-state index in [4.69, 9.17) is 17.0 Å². The van der Waals surface area contributed by atoms with E-state index in [2.05, 4.69) is 13.5 Å². The molecular weight excluding hydrogens is 206 g/mol. The molecule has 1 fully saturated rings. The molecule has 1 aliphatic carbocycles. The molecule has 0 radical (unpaired) electrons. The number of hydrogen-bond acceptors (Lipinski definition) is 1. The number of allylic oxidation sites excluding steroid dienone is 5. The van der Waals surface area contributed by atoms with Gasteiger partial charge in [-0.1, -0.05) is 37.3 Å². The van der Waals surface area contributed by atoms with E-state index in [1.165, 1.54) is 0 Å². The molecule has 2 heteroatoms. The molecule has 0 saturated heterocycles. The number of hydrogen-bond donors (Lipinski definition) is 1. The lowest BCUT2D eigenvalue weighted by molar-refractivity contribution is 0.857. The van der Waals surface area contributed by atoms with E-state index in [1.54, 1.807) is 0 Å². The van der Waals surface area contributed by atoms with Gasteiger partial charge in [0.15, 0.2) is 0 Å². The molecule has 82 valence electrons. The van der Waals surface area contributed by atoms with Crippen LogP contribution < -0.4 is 0 Å². The van der Waals surface area contributed by atoms with Gasteiger partial charge in [-0.2, -0.15) is 0 Å². The van der Waals surface area contributed by atoms with Crippen LogP contribution in [0.3, 0.4) is 0 Å². The Bertz CT molecular complexity index is 332. The number of halogens is 1. The molecule has 0 spiro atoms. The van der Waals surface area contributed by atoms with Crippen molar-refractivity contribution in [2.45, 2.75) is 33.1 Å². The molecule has 1 saturated carbocycles. The third-order valence-electron chi connectivity index (χ3n) is 2.93. The standard InChI is InChI=1S/C13H18ClN/c1-4-5-12(14)7-6-10(2)13(8-9-13)11(3)15/h5-7,15H,2,4,8-9H2,1,3H3/b7-6-,12-5+,15-11?. The summed E-state index contributed by atoms with van der Waals surface area (Å²) in [5.41, 5.74) is 1.69. The maximum absolute atomic E-state index is 7.71. The minimum atomic E-state index is -0.0418. The van der Waals surface area contributed by atoms with E-state index in [0.717, 1.165) is 29.9 Å². The van der Waals surface area contributed by atoms with E-state index in [0.29, 0.717) is 5.71 Å². The Morgan fingerprint density at radius 3 is 2.47 bits per heavy atom. The first kappa shape index (κ1) is 12.3. The van der Waals surface area contributed by atoms with Gasteiger partial charge in [-0.15, -0.1) is 0 Å². The maximum Gasteiger partial charge on any atom is 0.0366 e. The van der Waals surface area contributed by atoms with Gasteiger partial charge in [-0.3, -0.25) is 0 Å². The van der Waals surface area contributed by atoms with E-state index in [-0.39, 0.29) is 5.41 Å². The minimum absolute atomic E-state index is 0.0418. The van der Waals surface area contributed by atoms with Crippen LogP contribution in [0.1, 0.15) is 33.1 Å². The Balaban J connectivity index is 2.64. The van der Waals surface area contributed by atoms with Crippen LogP contribution in [0.25, 0.3) is 0 Å². The van der Waals surface area contributed by atoms with Gasteiger partial charge in [-0.25, -0.2) is 0 Å². The smallest absolute Gasteiger partial charge is 0.0366 e. The molecule has 0 aromatic heterocycles. The van der Waals surface area contributed by atoms with E-state index in [1.807, 2.05) is 25.2 Å². The molecule has 1 rings (SSSR count). The summed E-state index contributed by atoms with van der Waals surface area (Å²) in [6.45, 7) is 7.94. The third-order valence-corrected chi connectivity index (χ3v) is 3.21. The van der Waals surface area contributed by atoms with Crippen molar-refractivity contribution in [1.29, 1.82) is 5.41 Å². The first-order valence-corrected chi connectivity index (χ1v) is 5.69. The van der Waals surface area contributed by atoms with E-state index >= 15 is 0 Å². The van der Waals surface area contributed by atoms with Crippen LogP contribution in [-0.4, -0.2) is 5.71 Å². The molecule has 1 nitrogen and oxygen atoms in total. The normalized spacial score (nSPS) is 19.3. The maximum atomic E-state index is 7.71. The monoisotopic (exact) mass is 223 g/mol. The zero-order valence-electron chi connectivity index (χ0n) is 9.44. The average Bonchev–Trinajstić information content (AvgIpc) is 2.95. The third kappa shape index (κ3) is 2.82. The molecule has 1 N–H and O–H groups in total. The fraction of sp³-hybridized carbons (Fsp3) is 0.462. The van der Waals surface area contributed by atoms with Crippen LogP contribution >= 0.6 is 11.6 Å². The second-order valence-corrected chi connectivity index (χ2v) is 4.50. The molecule has 0 aliphatic heterocycles. The van der Waals surface area contributed by atoms with Gasteiger partial charge in [0.2, 0.25) is 0 Å². The SMILES string of the molecule is C=C(/C=C\C(Cl)=C/CC)C1(C(C)=N)CC1. The Morgan fingerprint density at radius 2 is 2.07 bits per heavy atom. The van der Waals surface area contributed by atoms with Crippen molar-refractivity contribution in [1.82, 2.24) is 0 Å². The summed E-state index contributed by atoms with van der Waals surface area (Å²) in [6.07, 6.45) is 8.82. The highest BCUT2D eigenvalue weighted by Gasteiger charge is 2.46. The van der Waals surface area contributed by atoms with Crippen molar-refractivity contribution in [2.24, 2.45) is 5.41 Å². The van der Waals surface area contributed by atoms with Crippen molar-refractivity contribution < 1.29 is 0 Å². The van der Waals surface area contributed by atoms with Crippen molar-refractivity contribution in [3.05, 3.63) is 35.4 Å². The average molecular weight is 224 g/mol. The van der Waals surface area contributed by atoms with Crippen molar-refractivity contribution in [3.63, 3.8) is 0 Å². The second-order valence-electron chi connectivity index (χ2n) is 4.06. The summed E-state index contributed by atoms with van der Waals surface area (Å²) in [5.74, 6) is 0. The van der Waals surface area contributed by atoms with Gasteiger partial charge in [0.25, 0.3) is 0 Å². The molecule has 0 bridgehead atoms. The van der Waals surface area contributed by atoms with Gasteiger partial charge in [0.05, 0.1) is 0 Å². The van der Waals surface area contributed by atoms with Crippen LogP contribution in [0.15, 0.2) is 35.4 Å². The summed E-state index contributed by atoms with van der Waals surface area (Å²) >= 11 is 5.95. The molecule has 0 unspecified atom stereocenters. The number of rotatable bonds is 5. The minimum Gasteiger partial charge on any atom is -0.309 e. The lowest BCUT2D eigenvalue weighted by Crippen LogP contribution is -2.12. The van der Waals surface area contributed by atoms with Crippen LogP contribution in [-0.2, 0) is 0 Å². The summed E-state index contributed by atoms with van der Waals surface area (Å²) in [7, 11) is 0. The van der Waals surface area contributed by atoms with Crippen molar-refractivity contribution in [2.75, 3.05) is 0 Å². The Labute approximate surface area is 97.0 Å². The molecular formula is C13H18ClN. The van der Waals surface area contributed by atoms with Gasteiger partial charge in [0, 0.05) is 16.2 Å². The fourth-order valence-corrected chi connectivity index (χ4v) is 1.88. The first-order valence-electron chi connectivity index (χ1n) is 5.31. The number of nitrogens with one attached hydrogen (secondary N) is 1. The first-order chi connectivity index (χ1) is 7.03. The zero-order valence-corrected chi connectivity index (χ0v) is 10.2. The lowest BCUT2D eigenvalue weighted by Gasteiger charge is -2.13. The van der Waals surface area contributed by atoms with Gasteiger partial charge >= 0.3 is 0 Å². The predicted molar refractivity (Wildman–Crippen MR) is 67.6 cm³/mol. The molecule has 0 heterocycles. The van der Waals surface area contributed by atoms with Crippen LogP contribution in [0.2, 0.25) is 0 Å². The van der Waals surface area contributed by atoms with Gasteiger partial charge < -0.3 is 5.41 Å². The lowest BCUT2D eigenvalue weighted by atomic mass is 9.92. The van der Waals surface area contributed by atoms with Gasteiger partial charge in [-0.05, 0) is 37.8 Å². The zero-order chi connectivity index (χ0) is 11.5. The molecule has 0 aromatic rings. The van der Waals surface area contributed by atoms with Gasteiger partial charge in [0.1, 0.15) is 0 Å². The van der Waals surface area contributed by atoms with Crippen LogP contribution in [0, 0.1) is 10.8 Å². The fourth-order valence-electron chi connectivity index (χ4n) is 1.66. The quantitative estimate of drug-likeness (QED) is 0.526. The highest BCUT2D eigenvalue weighted by Crippen LogP contribution is 2.52.